The lowest BCUT2D eigenvalue weighted by molar-refractivity contribution is -0.127. The minimum Gasteiger partial charge on any atom is -0.496 e. The number of halogens is 2. The highest BCUT2D eigenvalue weighted by molar-refractivity contribution is 7.10. The zero-order valence-corrected chi connectivity index (χ0v) is 30.1. The van der Waals surface area contributed by atoms with Gasteiger partial charge in [-0.25, -0.2) is 13.8 Å². The molecule has 4 heterocycles. The second-order valence-corrected chi connectivity index (χ2v) is 14.2. The van der Waals surface area contributed by atoms with Crippen molar-refractivity contribution in [1.29, 1.82) is 5.26 Å². The number of H-pyrrole nitrogens is 1. The zero-order valence-electron chi connectivity index (χ0n) is 29.3. The molecular formula is C41H43F2N5O2S. The number of ether oxygens (including phenoxy) is 1. The van der Waals surface area contributed by atoms with E-state index in [-0.39, 0.29) is 17.5 Å². The summed E-state index contributed by atoms with van der Waals surface area (Å²) in [6.07, 6.45) is 8.52. The largest absolute Gasteiger partial charge is 0.496 e. The van der Waals surface area contributed by atoms with Crippen molar-refractivity contribution in [2.75, 3.05) is 33.8 Å². The summed E-state index contributed by atoms with van der Waals surface area (Å²) in [7, 11) is 3.28. The Morgan fingerprint density at radius 3 is 2.65 bits per heavy atom. The van der Waals surface area contributed by atoms with Gasteiger partial charge in [0.25, 0.3) is 5.91 Å². The van der Waals surface area contributed by atoms with E-state index in [2.05, 4.69) is 52.1 Å². The summed E-state index contributed by atoms with van der Waals surface area (Å²) in [6, 6.07) is 20.5. The summed E-state index contributed by atoms with van der Waals surface area (Å²) in [5, 5.41) is 12.3. The van der Waals surface area contributed by atoms with Gasteiger partial charge in [-0.15, -0.1) is 11.3 Å². The van der Waals surface area contributed by atoms with Crippen LogP contribution < -0.4 is 4.74 Å². The van der Waals surface area contributed by atoms with Crippen molar-refractivity contribution in [3.63, 3.8) is 0 Å². The Morgan fingerprint density at radius 2 is 1.96 bits per heavy atom. The van der Waals surface area contributed by atoms with Crippen molar-refractivity contribution >= 4 is 34.4 Å². The van der Waals surface area contributed by atoms with E-state index in [0.717, 1.165) is 74.3 Å². The molecule has 51 heavy (non-hydrogen) atoms. The number of likely N-dealkylation sites (N-methyl/N-ethyl adjacent to an activating group) is 1. The average Bonchev–Trinajstić information content (AvgIpc) is 3.83. The number of likely N-dealkylation sites (tertiary alicyclic amines) is 1. The van der Waals surface area contributed by atoms with Crippen LogP contribution in [0.3, 0.4) is 0 Å². The summed E-state index contributed by atoms with van der Waals surface area (Å²) in [5.74, 6) is -0.534. The van der Waals surface area contributed by atoms with E-state index < -0.39 is 11.6 Å². The third-order valence-electron chi connectivity index (χ3n) is 9.93. The fraction of sp³-hybridized carbons (Fsp3) is 0.341. The second-order valence-electron chi connectivity index (χ2n) is 13.2. The number of hydrogen-bond acceptors (Lipinski definition) is 6. The van der Waals surface area contributed by atoms with Gasteiger partial charge in [0, 0.05) is 40.0 Å². The lowest BCUT2D eigenvalue weighted by Crippen LogP contribution is -2.34. The Morgan fingerprint density at radius 1 is 1.18 bits per heavy atom. The number of hydrogen-bond donors (Lipinski definition) is 1. The van der Waals surface area contributed by atoms with Gasteiger partial charge < -0.3 is 19.5 Å². The third kappa shape index (κ3) is 8.22. The number of rotatable bonds is 13. The fourth-order valence-electron chi connectivity index (χ4n) is 7.17. The maximum Gasteiger partial charge on any atom is 0.264 e. The van der Waals surface area contributed by atoms with Crippen molar-refractivity contribution in [3.8, 4) is 22.9 Å². The van der Waals surface area contributed by atoms with Crippen LogP contribution in [0.2, 0.25) is 0 Å². The molecule has 264 valence electrons. The van der Waals surface area contributed by atoms with Gasteiger partial charge >= 0.3 is 0 Å². The van der Waals surface area contributed by atoms with Gasteiger partial charge in [-0.3, -0.25) is 4.79 Å². The molecule has 6 rings (SSSR count). The first kappa shape index (κ1) is 36.0. The van der Waals surface area contributed by atoms with E-state index in [1.807, 2.05) is 23.6 Å². The second kappa shape index (κ2) is 16.4. The van der Waals surface area contributed by atoms with Gasteiger partial charge in [0.15, 0.2) is 0 Å². The number of nitriles is 1. The van der Waals surface area contributed by atoms with E-state index in [1.54, 1.807) is 18.0 Å². The van der Waals surface area contributed by atoms with Crippen LogP contribution in [-0.4, -0.2) is 59.5 Å². The van der Waals surface area contributed by atoms with Crippen LogP contribution in [0.5, 0.6) is 5.75 Å². The molecule has 0 saturated carbocycles. The normalized spacial score (nSPS) is 14.8. The number of nitrogens with one attached hydrogen (secondary N) is 1. The van der Waals surface area contributed by atoms with Crippen LogP contribution in [0.15, 0.2) is 77.8 Å². The van der Waals surface area contributed by atoms with E-state index in [1.165, 1.54) is 48.4 Å². The van der Waals surface area contributed by atoms with E-state index in [4.69, 9.17) is 4.74 Å². The predicted octanol–water partition coefficient (Wildman–Crippen LogP) is 9.30. The lowest BCUT2D eigenvalue weighted by Gasteiger charge is -2.31. The molecule has 1 fully saturated rings. The van der Waals surface area contributed by atoms with Crippen molar-refractivity contribution in [3.05, 3.63) is 111 Å². The number of thiophene rings is 1. The standard InChI is InChI=1S/C41H43F2N5O2S/c1-4-7-37(47(2)41(49)30(25-44)22-32-9-6-21-51-32)29-12-10-27(11-13-29)8-5-18-48-19-16-28(17-20-48)36-24-34-39(35(43)26-45-40(34)46-36)33-23-31(42)14-15-38(33)50-3/h6,9-15,21-24,26,28,37H,4-5,7-8,16-20H2,1-3H3,(H,45,46)/b30-22+. The molecule has 0 spiro atoms. The molecule has 1 unspecified atom stereocenters. The first-order chi connectivity index (χ1) is 24.8. The molecule has 1 atom stereocenters. The molecule has 3 aromatic heterocycles. The third-order valence-corrected chi connectivity index (χ3v) is 10.7. The molecule has 1 amide bonds. The van der Waals surface area contributed by atoms with Crippen LogP contribution in [0.4, 0.5) is 8.78 Å². The monoisotopic (exact) mass is 707 g/mol. The molecule has 0 radical (unpaired) electrons. The Bertz CT molecular complexity index is 2030. The summed E-state index contributed by atoms with van der Waals surface area (Å²) >= 11 is 1.50. The molecule has 5 aromatic rings. The summed E-state index contributed by atoms with van der Waals surface area (Å²) < 4.78 is 34.8. The maximum absolute atomic E-state index is 15.1. The smallest absolute Gasteiger partial charge is 0.264 e. The number of methoxy groups -OCH3 is 1. The number of pyridine rings is 1. The van der Waals surface area contributed by atoms with Crippen molar-refractivity contribution in [2.24, 2.45) is 0 Å². The SMILES string of the molecule is CCCC(c1ccc(CCCN2CCC(c3cc4c(-c5cc(F)ccc5OC)c(F)cnc4[nH]3)CC2)cc1)N(C)C(=O)/C(C#N)=C/c1cccs1. The minimum atomic E-state index is -0.517. The van der Waals surface area contributed by atoms with Crippen LogP contribution in [0.1, 0.15) is 72.7 Å². The molecule has 1 aliphatic rings. The number of carbonyl (C=O) groups is 1. The molecular weight excluding hydrogens is 665 g/mol. The number of aryl methyl sites for hydroxylation is 1. The molecule has 2 aromatic carbocycles. The van der Waals surface area contributed by atoms with Gasteiger partial charge in [-0.1, -0.05) is 43.7 Å². The summed E-state index contributed by atoms with van der Waals surface area (Å²) in [6.45, 7) is 5.04. The number of carbonyl (C=O) groups excluding carboxylic acids is 1. The van der Waals surface area contributed by atoms with Crippen LogP contribution >= 0.6 is 11.3 Å². The molecule has 7 nitrogen and oxygen atoms in total. The number of piperidine rings is 1. The summed E-state index contributed by atoms with van der Waals surface area (Å²) in [5.41, 5.74) is 4.75. The van der Waals surface area contributed by atoms with E-state index >= 15 is 4.39 Å². The van der Waals surface area contributed by atoms with Gasteiger partial charge in [-0.05, 0) is 105 Å². The average molecular weight is 708 g/mol. The first-order valence-corrected chi connectivity index (χ1v) is 18.4. The van der Waals surface area contributed by atoms with Crippen molar-refractivity contribution in [1.82, 2.24) is 19.8 Å². The van der Waals surface area contributed by atoms with Gasteiger partial charge in [0.1, 0.15) is 34.7 Å². The minimum absolute atomic E-state index is 0.110. The van der Waals surface area contributed by atoms with Gasteiger partial charge in [-0.2, -0.15) is 5.26 Å². The molecule has 0 aliphatic carbocycles. The van der Waals surface area contributed by atoms with Crippen LogP contribution in [-0.2, 0) is 11.2 Å². The fourth-order valence-corrected chi connectivity index (χ4v) is 7.82. The number of benzene rings is 2. The predicted molar refractivity (Wildman–Crippen MR) is 200 cm³/mol. The Balaban J connectivity index is 1.03. The van der Waals surface area contributed by atoms with Gasteiger partial charge in [0.05, 0.1) is 19.3 Å². The molecule has 1 saturated heterocycles. The number of aromatic nitrogens is 2. The van der Waals surface area contributed by atoms with E-state index in [0.29, 0.717) is 33.8 Å². The number of nitrogens with zero attached hydrogens (tertiary/aromatic N) is 4. The number of aromatic amines is 1. The molecule has 0 bridgehead atoms. The highest BCUT2D eigenvalue weighted by Crippen LogP contribution is 2.39. The maximum atomic E-state index is 15.1. The number of fused-ring (bicyclic) bond motifs is 1. The first-order valence-electron chi connectivity index (χ1n) is 17.5. The Kier molecular flexibility index (Phi) is 11.6. The molecule has 10 heteroatoms. The highest BCUT2D eigenvalue weighted by Gasteiger charge is 2.26. The number of amides is 1. The van der Waals surface area contributed by atoms with Crippen molar-refractivity contribution in [2.45, 2.75) is 57.4 Å². The Labute approximate surface area is 302 Å². The molecule has 1 N–H and O–H groups in total. The quantitative estimate of drug-likeness (QED) is 0.0974. The Hall–Kier alpha value is -4.85. The summed E-state index contributed by atoms with van der Waals surface area (Å²) in [4.78, 5) is 26.1. The zero-order chi connectivity index (χ0) is 35.9. The lowest BCUT2D eigenvalue weighted by atomic mass is 9.92. The van der Waals surface area contributed by atoms with Crippen molar-refractivity contribution < 1.29 is 18.3 Å². The van der Waals surface area contributed by atoms with Crippen LogP contribution in [0.25, 0.3) is 28.2 Å². The topological polar surface area (TPSA) is 85.2 Å². The van der Waals surface area contributed by atoms with E-state index in [9.17, 15) is 14.4 Å². The van der Waals surface area contributed by atoms with Crippen LogP contribution in [0, 0.1) is 23.0 Å². The van der Waals surface area contributed by atoms with Gasteiger partial charge in [0.2, 0.25) is 0 Å². The molecule has 1 aliphatic heterocycles. The highest BCUT2D eigenvalue weighted by atomic mass is 32.1.